The highest BCUT2D eigenvalue weighted by molar-refractivity contribution is 6.33. The third-order valence-electron chi connectivity index (χ3n) is 2.72. The lowest BCUT2D eigenvalue weighted by Crippen LogP contribution is -2.46. The maximum Gasteiger partial charge on any atom is 0.243 e. The molecule has 116 valence electrons. The Balaban J connectivity index is 2.61. The summed E-state index contributed by atoms with van der Waals surface area (Å²) in [5.41, 5.74) is 5.25. The van der Waals surface area contributed by atoms with Gasteiger partial charge in [-0.1, -0.05) is 25.4 Å². The van der Waals surface area contributed by atoms with E-state index in [9.17, 15) is 18.4 Å². The molecule has 0 bridgehead atoms. The van der Waals surface area contributed by atoms with Gasteiger partial charge >= 0.3 is 0 Å². The van der Waals surface area contributed by atoms with Crippen LogP contribution in [0.15, 0.2) is 12.1 Å². The molecule has 1 aromatic rings. The van der Waals surface area contributed by atoms with E-state index in [4.69, 9.17) is 17.3 Å². The smallest absolute Gasteiger partial charge is 0.243 e. The second kappa shape index (κ2) is 7.33. The summed E-state index contributed by atoms with van der Waals surface area (Å²) in [6.45, 7) is 3.13. The van der Waals surface area contributed by atoms with Crippen molar-refractivity contribution in [3.8, 4) is 0 Å². The zero-order chi connectivity index (χ0) is 16.2. The van der Waals surface area contributed by atoms with Crippen LogP contribution in [0.25, 0.3) is 0 Å². The van der Waals surface area contributed by atoms with Gasteiger partial charge in [-0.15, -0.1) is 0 Å². The first-order valence-corrected chi connectivity index (χ1v) is 6.58. The van der Waals surface area contributed by atoms with Crippen LogP contribution in [0.3, 0.4) is 0 Å². The van der Waals surface area contributed by atoms with Gasteiger partial charge in [-0.3, -0.25) is 9.59 Å². The summed E-state index contributed by atoms with van der Waals surface area (Å²) in [5.74, 6) is -3.14. The normalized spacial score (nSPS) is 12.1. The Morgan fingerprint density at radius 2 is 1.95 bits per heavy atom. The molecule has 1 atom stereocenters. The second-order valence-corrected chi connectivity index (χ2v) is 5.19. The third kappa shape index (κ3) is 4.95. The fourth-order valence-corrected chi connectivity index (χ4v) is 1.67. The quantitative estimate of drug-likeness (QED) is 0.771. The Bertz CT molecular complexity index is 529. The van der Waals surface area contributed by atoms with E-state index in [1.54, 1.807) is 13.8 Å². The van der Waals surface area contributed by atoms with Gasteiger partial charge in [0.25, 0.3) is 0 Å². The van der Waals surface area contributed by atoms with Crippen LogP contribution in [-0.4, -0.2) is 24.4 Å². The number of nitrogens with two attached hydrogens (primary N) is 1. The molecule has 1 rings (SSSR count). The zero-order valence-electron chi connectivity index (χ0n) is 11.5. The second-order valence-electron chi connectivity index (χ2n) is 4.78. The lowest BCUT2D eigenvalue weighted by molar-refractivity contribution is -0.125. The maximum absolute atomic E-state index is 13.5. The van der Waals surface area contributed by atoms with Crippen LogP contribution < -0.4 is 16.4 Å². The average Bonchev–Trinajstić information content (AvgIpc) is 2.39. The molecule has 2 amide bonds. The van der Waals surface area contributed by atoms with Gasteiger partial charge < -0.3 is 16.4 Å². The molecule has 0 aliphatic rings. The van der Waals surface area contributed by atoms with Crippen molar-refractivity contribution < 1.29 is 18.4 Å². The van der Waals surface area contributed by atoms with Crippen molar-refractivity contribution in [3.63, 3.8) is 0 Å². The van der Waals surface area contributed by atoms with Crippen molar-refractivity contribution in [2.75, 3.05) is 11.9 Å². The fourth-order valence-electron chi connectivity index (χ4n) is 1.43. The van der Waals surface area contributed by atoms with Gasteiger partial charge in [-0.2, -0.15) is 0 Å². The van der Waals surface area contributed by atoms with E-state index in [1.807, 2.05) is 0 Å². The van der Waals surface area contributed by atoms with Crippen LogP contribution >= 0.6 is 11.6 Å². The van der Waals surface area contributed by atoms with Crippen LogP contribution in [0.2, 0.25) is 5.02 Å². The third-order valence-corrected chi connectivity index (χ3v) is 3.01. The van der Waals surface area contributed by atoms with Crippen molar-refractivity contribution in [3.05, 3.63) is 28.8 Å². The minimum atomic E-state index is -1.00. The number of nitrogens with one attached hydrogen (secondary N) is 2. The molecule has 0 aliphatic heterocycles. The number of halogens is 3. The molecule has 0 saturated heterocycles. The molecule has 4 N–H and O–H groups in total. The first kappa shape index (κ1) is 17.3. The summed E-state index contributed by atoms with van der Waals surface area (Å²) < 4.78 is 26.3. The molecule has 5 nitrogen and oxygen atoms in total. The SMILES string of the molecule is CC(C)[C@H](N)C(=O)NCC(=O)Nc1c(F)cc(F)cc1Cl. The summed E-state index contributed by atoms with van der Waals surface area (Å²) in [6, 6.07) is 0.714. The number of carbonyl (C=O) groups excluding carboxylic acids is 2. The number of carbonyl (C=O) groups is 2. The number of rotatable bonds is 5. The predicted octanol–water partition coefficient (Wildman–Crippen LogP) is 1.66. The lowest BCUT2D eigenvalue weighted by Gasteiger charge is -2.15. The number of hydrogen-bond acceptors (Lipinski definition) is 3. The predicted molar refractivity (Wildman–Crippen MR) is 75.8 cm³/mol. The maximum atomic E-state index is 13.5. The fraction of sp³-hybridized carbons (Fsp3) is 0.385. The van der Waals surface area contributed by atoms with E-state index in [1.165, 1.54) is 0 Å². The van der Waals surface area contributed by atoms with Gasteiger partial charge in [-0.05, 0) is 12.0 Å². The molecule has 0 saturated carbocycles. The standard InChI is InChI=1S/C13H16ClF2N3O2/c1-6(2)11(17)13(21)18-5-10(20)19-12-8(14)3-7(15)4-9(12)16/h3-4,6,11H,5,17H2,1-2H3,(H,18,21)(H,19,20)/t11-/m0/s1. The molecule has 0 spiro atoms. The van der Waals surface area contributed by atoms with E-state index in [2.05, 4.69) is 10.6 Å². The molecule has 21 heavy (non-hydrogen) atoms. The van der Waals surface area contributed by atoms with Crippen LogP contribution in [0.4, 0.5) is 14.5 Å². The van der Waals surface area contributed by atoms with E-state index in [-0.39, 0.29) is 16.6 Å². The van der Waals surface area contributed by atoms with Crippen LogP contribution in [-0.2, 0) is 9.59 Å². The van der Waals surface area contributed by atoms with Gasteiger partial charge in [0.1, 0.15) is 5.82 Å². The zero-order valence-corrected chi connectivity index (χ0v) is 12.3. The van der Waals surface area contributed by atoms with Crippen LogP contribution in [0, 0.1) is 17.6 Å². The molecule has 1 aromatic carbocycles. The topological polar surface area (TPSA) is 84.2 Å². The number of hydrogen-bond donors (Lipinski definition) is 3. The van der Waals surface area contributed by atoms with E-state index >= 15 is 0 Å². The summed E-state index contributed by atoms with van der Waals surface area (Å²) >= 11 is 5.63. The van der Waals surface area contributed by atoms with E-state index in [0.717, 1.165) is 6.07 Å². The first-order chi connectivity index (χ1) is 9.72. The van der Waals surface area contributed by atoms with E-state index < -0.39 is 36.0 Å². The number of amides is 2. The Kier molecular flexibility index (Phi) is 6.04. The summed E-state index contributed by atoms with van der Waals surface area (Å²) in [7, 11) is 0. The number of benzene rings is 1. The van der Waals surface area contributed by atoms with Gasteiger partial charge in [0.05, 0.1) is 23.3 Å². The van der Waals surface area contributed by atoms with Gasteiger partial charge in [0.15, 0.2) is 5.82 Å². The summed E-state index contributed by atoms with van der Waals surface area (Å²) in [6.07, 6.45) is 0. The lowest BCUT2D eigenvalue weighted by atomic mass is 10.1. The van der Waals surface area contributed by atoms with Crippen molar-refractivity contribution in [2.45, 2.75) is 19.9 Å². The molecule has 8 heteroatoms. The monoisotopic (exact) mass is 319 g/mol. The summed E-state index contributed by atoms with van der Waals surface area (Å²) in [5, 5.41) is 4.21. The molecule has 0 radical (unpaired) electrons. The summed E-state index contributed by atoms with van der Waals surface area (Å²) in [4.78, 5) is 23.2. The number of anilines is 1. The minimum Gasteiger partial charge on any atom is -0.346 e. The largest absolute Gasteiger partial charge is 0.346 e. The Morgan fingerprint density at radius 1 is 1.33 bits per heavy atom. The van der Waals surface area contributed by atoms with Crippen LogP contribution in [0.1, 0.15) is 13.8 Å². The molecule has 0 aromatic heterocycles. The molecule has 0 fully saturated rings. The molecular weight excluding hydrogens is 304 g/mol. The average molecular weight is 320 g/mol. The van der Waals surface area contributed by atoms with Crippen LogP contribution in [0.5, 0.6) is 0 Å². The highest BCUT2D eigenvalue weighted by atomic mass is 35.5. The van der Waals surface area contributed by atoms with Crippen molar-refractivity contribution in [2.24, 2.45) is 11.7 Å². The minimum absolute atomic E-state index is 0.0861. The van der Waals surface area contributed by atoms with Crippen molar-refractivity contribution in [1.29, 1.82) is 0 Å². The Morgan fingerprint density at radius 3 is 2.48 bits per heavy atom. The van der Waals surface area contributed by atoms with Gasteiger partial charge in [0, 0.05) is 6.07 Å². The van der Waals surface area contributed by atoms with Gasteiger partial charge in [0.2, 0.25) is 11.8 Å². The van der Waals surface area contributed by atoms with Crippen molar-refractivity contribution >= 4 is 29.1 Å². The molecule has 0 unspecified atom stereocenters. The van der Waals surface area contributed by atoms with Gasteiger partial charge in [-0.25, -0.2) is 8.78 Å². The van der Waals surface area contributed by atoms with E-state index in [0.29, 0.717) is 6.07 Å². The highest BCUT2D eigenvalue weighted by Crippen LogP contribution is 2.26. The molecule has 0 aliphatic carbocycles. The molecule has 0 heterocycles. The first-order valence-electron chi connectivity index (χ1n) is 6.20. The Labute approximate surface area is 125 Å². The highest BCUT2D eigenvalue weighted by Gasteiger charge is 2.18. The molecular formula is C13H16ClF2N3O2. The van der Waals surface area contributed by atoms with Crippen molar-refractivity contribution in [1.82, 2.24) is 5.32 Å². The Hall–Kier alpha value is -1.73.